The van der Waals surface area contributed by atoms with Crippen LogP contribution < -0.4 is 17.2 Å². The van der Waals surface area contributed by atoms with E-state index < -0.39 is 0 Å². The molecule has 1 heterocycles. The highest BCUT2D eigenvalue weighted by molar-refractivity contribution is 6.02. The molecule has 6 heteroatoms. The average molecular weight is 152 g/mol. The summed E-state index contributed by atoms with van der Waals surface area (Å²) in [4.78, 5) is 7.25. The Hall–Kier alpha value is -1.85. The van der Waals surface area contributed by atoms with Gasteiger partial charge < -0.3 is 17.2 Å². The number of nitrogens with one attached hydrogen (secondary N) is 1. The molecule has 6 nitrogen and oxygen atoms in total. The first kappa shape index (κ1) is 7.26. The number of nitrogens with two attached hydrogens (primary N) is 3. The lowest BCUT2D eigenvalue weighted by Crippen LogP contribution is -2.17. The summed E-state index contributed by atoms with van der Waals surface area (Å²) in [5.41, 5.74) is 16.1. The van der Waals surface area contributed by atoms with Crippen molar-refractivity contribution < 1.29 is 0 Å². The van der Waals surface area contributed by atoms with E-state index in [9.17, 15) is 0 Å². The second-order valence-corrected chi connectivity index (χ2v) is 1.93. The zero-order chi connectivity index (χ0) is 8.43. The highest BCUT2D eigenvalue weighted by Gasteiger charge is 2.07. The van der Waals surface area contributed by atoms with Crippen LogP contribution >= 0.6 is 0 Å². The van der Waals surface area contributed by atoms with Gasteiger partial charge in [-0.2, -0.15) is 0 Å². The fourth-order valence-electron chi connectivity index (χ4n) is 0.690. The number of hydrogen-bond donors (Lipinski definition) is 4. The Labute approximate surface area is 62.9 Å². The molecule has 58 valence electrons. The SMILES string of the molecule is N=C(N)c1c(N)ncnc1N. The number of nitrogens with zero attached hydrogens (tertiary/aromatic N) is 2. The molecule has 0 aliphatic carbocycles. The minimum Gasteiger partial charge on any atom is -0.383 e. The number of nitrogen functional groups attached to an aromatic ring is 3. The third-order valence-corrected chi connectivity index (χ3v) is 1.18. The first-order valence-electron chi connectivity index (χ1n) is 2.83. The maximum atomic E-state index is 7.05. The number of hydrogen-bond acceptors (Lipinski definition) is 5. The Balaban J connectivity index is 3.32. The molecule has 1 rings (SSSR count). The predicted molar refractivity (Wildman–Crippen MR) is 41.9 cm³/mol. The van der Waals surface area contributed by atoms with Crippen LogP contribution in [-0.4, -0.2) is 15.8 Å². The van der Waals surface area contributed by atoms with E-state index in [1.165, 1.54) is 6.33 Å². The Kier molecular flexibility index (Phi) is 1.59. The van der Waals surface area contributed by atoms with Crippen LogP contribution in [0.25, 0.3) is 0 Å². The lowest BCUT2D eigenvalue weighted by Gasteiger charge is -2.03. The summed E-state index contributed by atoms with van der Waals surface area (Å²) < 4.78 is 0. The summed E-state index contributed by atoms with van der Waals surface area (Å²) in [7, 11) is 0. The van der Waals surface area contributed by atoms with Gasteiger partial charge in [0.1, 0.15) is 29.4 Å². The molecule has 0 radical (unpaired) electrons. The van der Waals surface area contributed by atoms with Gasteiger partial charge in [-0.05, 0) is 0 Å². The minimum atomic E-state index is -0.222. The first-order valence-corrected chi connectivity index (χ1v) is 2.83. The van der Waals surface area contributed by atoms with Crippen LogP contribution in [0.2, 0.25) is 0 Å². The Morgan fingerprint density at radius 2 is 1.73 bits per heavy atom. The van der Waals surface area contributed by atoms with Crippen LogP contribution in [0.15, 0.2) is 6.33 Å². The normalized spacial score (nSPS) is 9.45. The molecule has 11 heavy (non-hydrogen) atoms. The standard InChI is InChI=1S/C5H8N6/c6-3(7)2-4(8)10-1-11-5(2)9/h1H,(H3,6,7)(H4,8,9,10,11). The fraction of sp³-hybridized carbons (Fsp3) is 0. The highest BCUT2D eigenvalue weighted by Crippen LogP contribution is 2.11. The number of aromatic nitrogens is 2. The molecule has 0 aliphatic heterocycles. The maximum Gasteiger partial charge on any atom is 0.139 e. The van der Waals surface area contributed by atoms with Gasteiger partial charge in [0.15, 0.2) is 0 Å². The van der Waals surface area contributed by atoms with Crippen molar-refractivity contribution in [2.24, 2.45) is 5.73 Å². The quantitative estimate of drug-likeness (QED) is 0.301. The van der Waals surface area contributed by atoms with Crippen LogP contribution in [0.3, 0.4) is 0 Å². The van der Waals surface area contributed by atoms with E-state index in [0.29, 0.717) is 0 Å². The van der Waals surface area contributed by atoms with E-state index >= 15 is 0 Å². The molecule has 0 unspecified atom stereocenters. The molecule has 0 aromatic carbocycles. The molecule has 7 N–H and O–H groups in total. The second kappa shape index (κ2) is 2.41. The van der Waals surface area contributed by atoms with E-state index in [2.05, 4.69) is 9.97 Å². The van der Waals surface area contributed by atoms with Crippen LogP contribution in [0.4, 0.5) is 11.6 Å². The van der Waals surface area contributed by atoms with Crippen LogP contribution in [0.1, 0.15) is 5.56 Å². The van der Waals surface area contributed by atoms with Gasteiger partial charge in [-0.15, -0.1) is 0 Å². The summed E-state index contributed by atoms with van der Waals surface area (Å²) in [5, 5.41) is 7.05. The highest BCUT2D eigenvalue weighted by atomic mass is 15.0. The van der Waals surface area contributed by atoms with Crippen molar-refractivity contribution in [1.29, 1.82) is 5.41 Å². The van der Waals surface area contributed by atoms with Gasteiger partial charge >= 0.3 is 0 Å². The molecule has 0 amide bonds. The van der Waals surface area contributed by atoms with E-state index in [1.54, 1.807) is 0 Å². The summed E-state index contributed by atoms with van der Waals surface area (Å²) >= 11 is 0. The molecule has 0 atom stereocenters. The maximum absolute atomic E-state index is 7.05. The molecular weight excluding hydrogens is 144 g/mol. The monoisotopic (exact) mass is 152 g/mol. The number of anilines is 2. The van der Waals surface area contributed by atoms with E-state index in [4.69, 9.17) is 22.6 Å². The van der Waals surface area contributed by atoms with Gasteiger partial charge in [-0.3, -0.25) is 5.41 Å². The van der Waals surface area contributed by atoms with E-state index in [0.717, 1.165) is 0 Å². The Bertz CT molecular complexity index is 273. The van der Waals surface area contributed by atoms with Crippen molar-refractivity contribution in [1.82, 2.24) is 9.97 Å². The molecule has 0 saturated heterocycles. The third kappa shape index (κ3) is 1.18. The van der Waals surface area contributed by atoms with Crippen LogP contribution in [0.5, 0.6) is 0 Å². The zero-order valence-corrected chi connectivity index (χ0v) is 5.70. The second-order valence-electron chi connectivity index (χ2n) is 1.93. The molecular formula is C5H8N6. The van der Waals surface area contributed by atoms with Crippen molar-refractivity contribution in [3.8, 4) is 0 Å². The largest absolute Gasteiger partial charge is 0.383 e. The van der Waals surface area contributed by atoms with Gasteiger partial charge in [0, 0.05) is 0 Å². The van der Waals surface area contributed by atoms with E-state index in [-0.39, 0.29) is 23.0 Å². The fourth-order valence-corrected chi connectivity index (χ4v) is 0.690. The van der Waals surface area contributed by atoms with Gasteiger partial charge in [-0.1, -0.05) is 0 Å². The van der Waals surface area contributed by atoms with Crippen LogP contribution in [-0.2, 0) is 0 Å². The van der Waals surface area contributed by atoms with Gasteiger partial charge in [0.05, 0.1) is 0 Å². The smallest absolute Gasteiger partial charge is 0.139 e. The molecule has 0 saturated carbocycles. The zero-order valence-electron chi connectivity index (χ0n) is 5.70. The average Bonchev–Trinajstić information content (AvgIpc) is 1.85. The predicted octanol–water partition coefficient (Wildman–Crippen LogP) is -1.07. The molecule has 0 fully saturated rings. The third-order valence-electron chi connectivity index (χ3n) is 1.18. The molecule has 1 aromatic heterocycles. The summed E-state index contributed by atoms with van der Waals surface area (Å²) in [6.07, 6.45) is 1.22. The van der Waals surface area contributed by atoms with Crippen molar-refractivity contribution in [2.45, 2.75) is 0 Å². The molecule has 0 bridgehead atoms. The van der Waals surface area contributed by atoms with Gasteiger partial charge in [-0.25, -0.2) is 9.97 Å². The van der Waals surface area contributed by atoms with Gasteiger partial charge in [0.25, 0.3) is 0 Å². The van der Waals surface area contributed by atoms with E-state index in [1.807, 2.05) is 0 Å². The van der Waals surface area contributed by atoms with Crippen molar-refractivity contribution in [3.63, 3.8) is 0 Å². The van der Waals surface area contributed by atoms with Crippen LogP contribution in [0, 0.1) is 5.41 Å². The lowest BCUT2D eigenvalue weighted by molar-refractivity contribution is 1.17. The number of rotatable bonds is 1. The number of amidine groups is 1. The Morgan fingerprint density at radius 1 is 1.27 bits per heavy atom. The topological polar surface area (TPSA) is 128 Å². The molecule has 1 aromatic rings. The molecule has 0 spiro atoms. The summed E-state index contributed by atoms with van der Waals surface area (Å²) in [6, 6.07) is 0. The first-order chi connectivity index (χ1) is 5.13. The Morgan fingerprint density at radius 3 is 2.00 bits per heavy atom. The lowest BCUT2D eigenvalue weighted by atomic mass is 10.2. The van der Waals surface area contributed by atoms with Crippen molar-refractivity contribution >= 4 is 17.5 Å². The summed E-state index contributed by atoms with van der Waals surface area (Å²) in [6.45, 7) is 0. The minimum absolute atomic E-state index is 0.130. The van der Waals surface area contributed by atoms with Gasteiger partial charge in [0.2, 0.25) is 0 Å². The van der Waals surface area contributed by atoms with Crippen molar-refractivity contribution in [2.75, 3.05) is 11.5 Å². The summed E-state index contributed by atoms with van der Waals surface area (Å²) in [5.74, 6) is 0.0376. The van der Waals surface area contributed by atoms with Crippen molar-refractivity contribution in [3.05, 3.63) is 11.9 Å². The molecule has 0 aliphatic rings.